The molecule has 1 aliphatic rings. The third kappa shape index (κ3) is 4.21. The Kier molecular flexibility index (Phi) is 5.17. The maximum Gasteiger partial charge on any atom is 0.251 e. The first kappa shape index (κ1) is 19.3. The molecule has 0 radical (unpaired) electrons. The SMILES string of the molecule is CC(C)(C)C(NC(=O)c1ccc(C2CCCC2)cc1)c1nc(-c2ncn[nH]2)no1. The van der Waals surface area contributed by atoms with Crippen LogP contribution in [0.15, 0.2) is 35.1 Å². The van der Waals surface area contributed by atoms with E-state index in [1.165, 1.54) is 37.6 Å². The Labute approximate surface area is 169 Å². The second kappa shape index (κ2) is 7.77. The van der Waals surface area contributed by atoms with Gasteiger partial charge in [0.05, 0.1) is 0 Å². The van der Waals surface area contributed by atoms with Gasteiger partial charge in [-0.15, -0.1) is 0 Å². The van der Waals surface area contributed by atoms with Gasteiger partial charge in [-0.2, -0.15) is 10.1 Å². The summed E-state index contributed by atoms with van der Waals surface area (Å²) in [5, 5.41) is 13.5. The van der Waals surface area contributed by atoms with E-state index in [2.05, 4.69) is 42.8 Å². The van der Waals surface area contributed by atoms with E-state index < -0.39 is 6.04 Å². The van der Waals surface area contributed by atoms with Crippen LogP contribution >= 0.6 is 0 Å². The fraction of sp³-hybridized carbons (Fsp3) is 0.476. The van der Waals surface area contributed by atoms with E-state index >= 15 is 0 Å². The highest BCUT2D eigenvalue weighted by molar-refractivity contribution is 5.94. The fourth-order valence-electron chi connectivity index (χ4n) is 3.79. The summed E-state index contributed by atoms with van der Waals surface area (Å²) in [5.41, 5.74) is 1.61. The zero-order valence-corrected chi connectivity index (χ0v) is 17.0. The number of amides is 1. The number of aromatic amines is 1. The number of nitrogens with zero attached hydrogens (tertiary/aromatic N) is 4. The lowest BCUT2D eigenvalue weighted by atomic mass is 9.86. The molecule has 2 aromatic heterocycles. The molecule has 2 N–H and O–H groups in total. The average molecular weight is 394 g/mol. The molecular weight excluding hydrogens is 368 g/mol. The summed E-state index contributed by atoms with van der Waals surface area (Å²) in [6.45, 7) is 6.04. The third-order valence-corrected chi connectivity index (χ3v) is 5.46. The van der Waals surface area contributed by atoms with Crippen molar-refractivity contribution in [1.82, 2.24) is 30.6 Å². The number of H-pyrrole nitrogens is 1. The molecule has 1 fully saturated rings. The molecule has 0 saturated heterocycles. The highest BCUT2D eigenvalue weighted by Crippen LogP contribution is 2.35. The molecule has 8 nitrogen and oxygen atoms in total. The molecule has 29 heavy (non-hydrogen) atoms. The predicted octanol–water partition coefficient (Wildman–Crippen LogP) is 4.03. The van der Waals surface area contributed by atoms with Crippen LogP contribution in [0.2, 0.25) is 0 Å². The lowest BCUT2D eigenvalue weighted by molar-refractivity contribution is 0.0881. The van der Waals surface area contributed by atoms with E-state index in [1.54, 1.807) is 0 Å². The quantitative estimate of drug-likeness (QED) is 0.676. The first-order valence-corrected chi connectivity index (χ1v) is 10.0. The van der Waals surface area contributed by atoms with Gasteiger partial charge < -0.3 is 9.84 Å². The number of carbonyl (C=O) groups excluding carboxylic acids is 1. The number of aromatic nitrogens is 5. The van der Waals surface area contributed by atoms with E-state index in [0.29, 0.717) is 29.0 Å². The molecule has 1 atom stereocenters. The zero-order valence-electron chi connectivity index (χ0n) is 17.0. The Morgan fingerprint density at radius 3 is 2.55 bits per heavy atom. The maximum atomic E-state index is 12.9. The van der Waals surface area contributed by atoms with Crippen molar-refractivity contribution < 1.29 is 9.32 Å². The maximum absolute atomic E-state index is 12.9. The molecule has 3 aromatic rings. The Morgan fingerprint density at radius 1 is 1.21 bits per heavy atom. The summed E-state index contributed by atoms with van der Waals surface area (Å²) in [6.07, 6.45) is 6.44. The van der Waals surface area contributed by atoms with Gasteiger partial charge in [0.15, 0.2) is 5.82 Å². The van der Waals surface area contributed by atoms with Crippen molar-refractivity contribution in [3.63, 3.8) is 0 Å². The van der Waals surface area contributed by atoms with Crippen LogP contribution in [0.3, 0.4) is 0 Å². The second-order valence-corrected chi connectivity index (χ2v) is 8.67. The van der Waals surface area contributed by atoms with E-state index in [-0.39, 0.29) is 11.3 Å². The predicted molar refractivity (Wildman–Crippen MR) is 107 cm³/mol. The monoisotopic (exact) mass is 394 g/mol. The standard InChI is InChI=1S/C21H26N6O2/c1-21(2,3)16(20-25-18(27-29-20)17-22-12-23-26-17)24-19(28)15-10-8-14(9-11-15)13-6-4-5-7-13/h8-13,16H,4-7H2,1-3H3,(H,24,28)(H,22,23,26). The van der Waals surface area contributed by atoms with Crippen LogP contribution in [0.4, 0.5) is 0 Å². The van der Waals surface area contributed by atoms with Crippen LogP contribution < -0.4 is 5.32 Å². The lowest BCUT2D eigenvalue weighted by Crippen LogP contribution is -2.36. The first-order valence-electron chi connectivity index (χ1n) is 10.0. The first-order chi connectivity index (χ1) is 13.9. The summed E-state index contributed by atoms with van der Waals surface area (Å²) in [5.74, 6) is 1.52. The molecule has 1 aliphatic carbocycles. The molecule has 1 saturated carbocycles. The van der Waals surface area contributed by atoms with Gasteiger partial charge in [0, 0.05) is 5.56 Å². The summed E-state index contributed by atoms with van der Waals surface area (Å²) in [6, 6.07) is 7.50. The molecule has 1 aromatic carbocycles. The van der Waals surface area contributed by atoms with E-state index in [1.807, 2.05) is 32.9 Å². The number of nitrogens with one attached hydrogen (secondary N) is 2. The Morgan fingerprint density at radius 2 is 1.93 bits per heavy atom. The molecule has 1 amide bonds. The van der Waals surface area contributed by atoms with Gasteiger partial charge in [0.2, 0.25) is 11.7 Å². The molecular formula is C21H26N6O2. The van der Waals surface area contributed by atoms with Gasteiger partial charge >= 0.3 is 0 Å². The number of benzene rings is 1. The molecule has 4 rings (SSSR count). The van der Waals surface area contributed by atoms with E-state index in [0.717, 1.165) is 0 Å². The zero-order chi connectivity index (χ0) is 20.4. The molecule has 0 aliphatic heterocycles. The number of hydrogen-bond donors (Lipinski definition) is 2. The van der Waals surface area contributed by atoms with Gasteiger partial charge in [-0.1, -0.05) is 50.9 Å². The Hall–Kier alpha value is -3.03. The Bertz CT molecular complexity index is 950. The molecule has 0 bridgehead atoms. The number of carbonyl (C=O) groups is 1. The van der Waals surface area contributed by atoms with Crippen molar-refractivity contribution in [2.45, 2.75) is 58.4 Å². The molecule has 152 valence electrons. The minimum atomic E-state index is -0.450. The molecule has 0 spiro atoms. The summed E-state index contributed by atoms with van der Waals surface area (Å²) in [4.78, 5) is 21.4. The van der Waals surface area contributed by atoms with Crippen molar-refractivity contribution in [2.24, 2.45) is 5.41 Å². The van der Waals surface area contributed by atoms with E-state index in [4.69, 9.17) is 4.52 Å². The largest absolute Gasteiger partial charge is 0.340 e. The van der Waals surface area contributed by atoms with Crippen LogP contribution in [-0.2, 0) is 0 Å². The topological polar surface area (TPSA) is 110 Å². The second-order valence-electron chi connectivity index (χ2n) is 8.67. The Balaban J connectivity index is 1.51. The average Bonchev–Trinajstić information content (AvgIpc) is 3.47. The van der Waals surface area contributed by atoms with Crippen LogP contribution in [0, 0.1) is 5.41 Å². The normalized spacial score (nSPS) is 16.1. The smallest absolute Gasteiger partial charge is 0.251 e. The van der Waals surface area contributed by atoms with Gasteiger partial charge in [-0.25, -0.2) is 4.98 Å². The van der Waals surface area contributed by atoms with Gasteiger partial charge in [0.1, 0.15) is 12.4 Å². The number of rotatable bonds is 5. The van der Waals surface area contributed by atoms with Gasteiger partial charge in [-0.05, 0) is 41.9 Å². The van der Waals surface area contributed by atoms with Crippen LogP contribution in [0.5, 0.6) is 0 Å². The molecule has 1 unspecified atom stereocenters. The van der Waals surface area contributed by atoms with Crippen LogP contribution in [0.25, 0.3) is 11.6 Å². The van der Waals surface area contributed by atoms with Crippen molar-refractivity contribution in [3.8, 4) is 11.6 Å². The van der Waals surface area contributed by atoms with Crippen molar-refractivity contribution in [2.75, 3.05) is 0 Å². The summed E-state index contributed by atoms with van der Waals surface area (Å²) < 4.78 is 5.44. The van der Waals surface area contributed by atoms with Crippen LogP contribution in [0.1, 0.15) is 80.2 Å². The summed E-state index contributed by atoms with van der Waals surface area (Å²) >= 11 is 0. The minimum Gasteiger partial charge on any atom is -0.340 e. The van der Waals surface area contributed by atoms with E-state index in [9.17, 15) is 4.79 Å². The summed E-state index contributed by atoms with van der Waals surface area (Å²) in [7, 11) is 0. The van der Waals surface area contributed by atoms with Crippen molar-refractivity contribution in [3.05, 3.63) is 47.6 Å². The van der Waals surface area contributed by atoms with Crippen molar-refractivity contribution >= 4 is 5.91 Å². The van der Waals surface area contributed by atoms with Gasteiger partial charge in [-0.3, -0.25) is 9.89 Å². The lowest BCUT2D eigenvalue weighted by Gasteiger charge is -2.28. The fourth-order valence-corrected chi connectivity index (χ4v) is 3.79. The highest BCUT2D eigenvalue weighted by atomic mass is 16.5. The number of hydrogen-bond acceptors (Lipinski definition) is 6. The third-order valence-electron chi connectivity index (χ3n) is 5.46. The molecule has 2 heterocycles. The minimum absolute atomic E-state index is 0.165. The molecule has 8 heteroatoms. The highest BCUT2D eigenvalue weighted by Gasteiger charge is 2.33. The van der Waals surface area contributed by atoms with Crippen LogP contribution in [-0.4, -0.2) is 31.2 Å². The van der Waals surface area contributed by atoms with Crippen molar-refractivity contribution in [1.29, 1.82) is 0 Å². The van der Waals surface area contributed by atoms with Gasteiger partial charge in [0.25, 0.3) is 5.91 Å².